The van der Waals surface area contributed by atoms with E-state index in [1.807, 2.05) is 0 Å². The maximum absolute atomic E-state index is 10.4. The number of carbonyl (C=O) groups is 1. The van der Waals surface area contributed by atoms with Gasteiger partial charge in [0.1, 0.15) is 0 Å². The van der Waals surface area contributed by atoms with E-state index in [1.165, 1.54) is 38.6 Å². The van der Waals surface area contributed by atoms with Gasteiger partial charge in [0.15, 0.2) is 0 Å². The molecular formula is C15H29NO3. The monoisotopic (exact) mass is 271 g/mol. The zero-order valence-corrected chi connectivity index (χ0v) is 12.3. The van der Waals surface area contributed by atoms with E-state index in [4.69, 9.17) is 9.84 Å². The maximum Gasteiger partial charge on any atom is 0.305 e. The lowest BCUT2D eigenvalue weighted by Crippen LogP contribution is -2.37. The summed E-state index contributed by atoms with van der Waals surface area (Å²) in [7, 11) is 0. The molecule has 19 heavy (non-hydrogen) atoms. The van der Waals surface area contributed by atoms with E-state index in [0.717, 1.165) is 25.9 Å². The molecule has 112 valence electrons. The predicted octanol–water partition coefficient (Wildman–Crippen LogP) is 2.91. The molecule has 0 amide bonds. The first-order valence-corrected chi connectivity index (χ1v) is 7.78. The standard InChI is InChI=1S/C15H29NO3/c1-2-3-4-5-6-10-16-11-7-14(8-12-16)19-13-9-15(17)18/h14H,2-13H2,1H3,(H,17,18). The van der Waals surface area contributed by atoms with Crippen LogP contribution in [0.25, 0.3) is 0 Å². The summed E-state index contributed by atoms with van der Waals surface area (Å²) in [5.41, 5.74) is 0. The Balaban J connectivity index is 1.97. The van der Waals surface area contributed by atoms with Crippen LogP contribution in [0.1, 0.15) is 58.3 Å². The van der Waals surface area contributed by atoms with Crippen molar-refractivity contribution in [2.75, 3.05) is 26.2 Å². The number of ether oxygens (including phenoxy) is 1. The Morgan fingerprint density at radius 2 is 1.89 bits per heavy atom. The molecule has 0 unspecified atom stereocenters. The zero-order chi connectivity index (χ0) is 13.9. The Morgan fingerprint density at radius 1 is 1.21 bits per heavy atom. The summed E-state index contributed by atoms with van der Waals surface area (Å²) in [6.45, 7) is 6.02. The van der Waals surface area contributed by atoms with Gasteiger partial charge >= 0.3 is 5.97 Å². The Morgan fingerprint density at radius 3 is 2.53 bits per heavy atom. The van der Waals surface area contributed by atoms with Crippen LogP contribution in [0.15, 0.2) is 0 Å². The second kappa shape index (κ2) is 10.2. The van der Waals surface area contributed by atoms with Gasteiger partial charge in [-0.15, -0.1) is 0 Å². The molecule has 0 atom stereocenters. The lowest BCUT2D eigenvalue weighted by molar-refractivity contribution is -0.138. The number of nitrogens with zero attached hydrogens (tertiary/aromatic N) is 1. The van der Waals surface area contributed by atoms with Crippen LogP contribution < -0.4 is 0 Å². The van der Waals surface area contributed by atoms with Gasteiger partial charge in [0.2, 0.25) is 0 Å². The smallest absolute Gasteiger partial charge is 0.305 e. The normalized spacial score (nSPS) is 17.7. The van der Waals surface area contributed by atoms with Crippen LogP contribution in [0.3, 0.4) is 0 Å². The first-order valence-electron chi connectivity index (χ1n) is 7.78. The molecule has 1 heterocycles. The van der Waals surface area contributed by atoms with Crippen molar-refractivity contribution in [3.63, 3.8) is 0 Å². The van der Waals surface area contributed by atoms with Gasteiger partial charge in [-0.25, -0.2) is 0 Å². The molecule has 0 bridgehead atoms. The molecule has 4 nitrogen and oxygen atoms in total. The molecule has 0 aliphatic carbocycles. The average Bonchev–Trinajstić information content (AvgIpc) is 2.40. The molecule has 0 aromatic rings. The molecule has 1 aliphatic heterocycles. The number of rotatable bonds is 10. The summed E-state index contributed by atoms with van der Waals surface area (Å²) >= 11 is 0. The van der Waals surface area contributed by atoms with Crippen LogP contribution in [0.5, 0.6) is 0 Å². The molecule has 1 rings (SSSR count). The average molecular weight is 271 g/mol. The van der Waals surface area contributed by atoms with E-state index >= 15 is 0 Å². The van der Waals surface area contributed by atoms with Crippen LogP contribution in [-0.2, 0) is 9.53 Å². The molecule has 1 fully saturated rings. The van der Waals surface area contributed by atoms with Crippen molar-refractivity contribution in [1.82, 2.24) is 4.90 Å². The summed E-state index contributed by atoms with van der Waals surface area (Å²) in [4.78, 5) is 12.9. The lowest BCUT2D eigenvalue weighted by atomic mass is 10.1. The number of aliphatic carboxylic acids is 1. The molecule has 0 radical (unpaired) electrons. The second-order valence-corrected chi connectivity index (χ2v) is 5.47. The van der Waals surface area contributed by atoms with Gasteiger partial charge in [0.05, 0.1) is 19.1 Å². The molecule has 1 aliphatic rings. The summed E-state index contributed by atoms with van der Waals surface area (Å²) in [6, 6.07) is 0. The third-order valence-electron chi connectivity index (χ3n) is 3.78. The van der Waals surface area contributed by atoms with Gasteiger partial charge in [-0.1, -0.05) is 32.6 Å². The Kier molecular flexibility index (Phi) is 8.84. The van der Waals surface area contributed by atoms with E-state index < -0.39 is 5.97 Å². The van der Waals surface area contributed by atoms with Crippen LogP contribution in [-0.4, -0.2) is 48.3 Å². The van der Waals surface area contributed by atoms with Crippen molar-refractivity contribution in [2.24, 2.45) is 0 Å². The summed E-state index contributed by atoms with van der Waals surface area (Å²) in [5, 5.41) is 8.56. The largest absolute Gasteiger partial charge is 0.481 e. The maximum atomic E-state index is 10.4. The fourth-order valence-corrected chi connectivity index (χ4v) is 2.55. The van der Waals surface area contributed by atoms with Crippen molar-refractivity contribution >= 4 is 5.97 Å². The highest BCUT2D eigenvalue weighted by atomic mass is 16.5. The molecule has 0 spiro atoms. The Hall–Kier alpha value is -0.610. The summed E-state index contributed by atoms with van der Waals surface area (Å²) in [6.07, 6.45) is 9.19. The molecule has 4 heteroatoms. The fraction of sp³-hybridized carbons (Fsp3) is 0.933. The lowest BCUT2D eigenvalue weighted by Gasteiger charge is -2.31. The van der Waals surface area contributed by atoms with Crippen LogP contribution in [0, 0.1) is 0 Å². The first kappa shape index (κ1) is 16.4. The molecule has 0 aromatic heterocycles. The van der Waals surface area contributed by atoms with Crippen LogP contribution >= 0.6 is 0 Å². The van der Waals surface area contributed by atoms with Crippen LogP contribution in [0.4, 0.5) is 0 Å². The number of carboxylic acids is 1. The highest BCUT2D eigenvalue weighted by Crippen LogP contribution is 2.15. The Labute approximate surface area is 117 Å². The van der Waals surface area contributed by atoms with Gasteiger partial charge in [0, 0.05) is 13.1 Å². The first-order chi connectivity index (χ1) is 9.22. The number of piperidine rings is 1. The van der Waals surface area contributed by atoms with E-state index in [1.54, 1.807) is 0 Å². The zero-order valence-electron chi connectivity index (χ0n) is 12.3. The predicted molar refractivity (Wildman–Crippen MR) is 76.4 cm³/mol. The number of carboxylic acid groups (broad SMARTS) is 1. The van der Waals surface area contributed by atoms with Crippen LogP contribution in [0.2, 0.25) is 0 Å². The van der Waals surface area contributed by atoms with Gasteiger partial charge in [-0.2, -0.15) is 0 Å². The summed E-state index contributed by atoms with van der Waals surface area (Å²) in [5.74, 6) is -0.774. The van der Waals surface area contributed by atoms with Gasteiger partial charge in [-0.05, 0) is 25.8 Å². The molecular weight excluding hydrogens is 242 g/mol. The fourth-order valence-electron chi connectivity index (χ4n) is 2.55. The number of hydrogen-bond donors (Lipinski definition) is 1. The quantitative estimate of drug-likeness (QED) is 0.621. The minimum Gasteiger partial charge on any atom is -0.481 e. The van der Waals surface area contributed by atoms with Crippen molar-refractivity contribution < 1.29 is 14.6 Å². The minimum absolute atomic E-state index is 0.123. The van der Waals surface area contributed by atoms with E-state index in [2.05, 4.69) is 11.8 Å². The highest BCUT2D eigenvalue weighted by molar-refractivity contribution is 5.66. The molecule has 0 saturated carbocycles. The van der Waals surface area contributed by atoms with Gasteiger partial charge in [0.25, 0.3) is 0 Å². The number of hydrogen-bond acceptors (Lipinski definition) is 3. The van der Waals surface area contributed by atoms with Gasteiger partial charge in [-0.3, -0.25) is 4.79 Å². The minimum atomic E-state index is -0.774. The Bertz CT molecular complexity index is 238. The van der Waals surface area contributed by atoms with E-state index in [9.17, 15) is 4.79 Å². The summed E-state index contributed by atoms with van der Waals surface area (Å²) < 4.78 is 5.59. The van der Waals surface area contributed by atoms with Crippen molar-refractivity contribution in [3.05, 3.63) is 0 Å². The number of likely N-dealkylation sites (tertiary alicyclic amines) is 1. The van der Waals surface area contributed by atoms with Crippen molar-refractivity contribution in [3.8, 4) is 0 Å². The van der Waals surface area contributed by atoms with E-state index in [-0.39, 0.29) is 12.5 Å². The number of unbranched alkanes of at least 4 members (excludes halogenated alkanes) is 4. The highest BCUT2D eigenvalue weighted by Gasteiger charge is 2.19. The SMILES string of the molecule is CCCCCCCN1CCC(OCCC(=O)O)CC1. The third-order valence-corrected chi connectivity index (χ3v) is 3.78. The van der Waals surface area contributed by atoms with E-state index in [0.29, 0.717) is 6.61 Å². The van der Waals surface area contributed by atoms with Crippen molar-refractivity contribution in [2.45, 2.75) is 64.4 Å². The third kappa shape index (κ3) is 8.22. The molecule has 1 N–H and O–H groups in total. The van der Waals surface area contributed by atoms with Crippen molar-refractivity contribution in [1.29, 1.82) is 0 Å². The molecule has 0 aromatic carbocycles. The second-order valence-electron chi connectivity index (χ2n) is 5.47. The van der Waals surface area contributed by atoms with Gasteiger partial charge < -0.3 is 14.7 Å². The topological polar surface area (TPSA) is 49.8 Å². The molecule has 1 saturated heterocycles.